The van der Waals surface area contributed by atoms with Crippen molar-refractivity contribution in [1.82, 2.24) is 0 Å². The Morgan fingerprint density at radius 1 is 1.04 bits per heavy atom. The third kappa shape index (κ3) is 5.65. The molecule has 7 heteroatoms. The predicted molar refractivity (Wildman–Crippen MR) is 109 cm³/mol. The van der Waals surface area contributed by atoms with E-state index in [0.717, 1.165) is 22.6 Å². The number of carbonyl (C=O) groups is 3. The molecule has 0 fully saturated rings. The Morgan fingerprint density at radius 2 is 1.68 bits per heavy atom. The van der Waals surface area contributed by atoms with Crippen LogP contribution in [0, 0.1) is 0 Å². The number of nitrogens with two attached hydrogens (primary N) is 1. The van der Waals surface area contributed by atoms with Crippen LogP contribution in [-0.4, -0.2) is 37.4 Å². The highest BCUT2D eigenvalue weighted by molar-refractivity contribution is 5.96. The number of hydrogen-bond donors (Lipinski definition) is 4. The summed E-state index contributed by atoms with van der Waals surface area (Å²) in [7, 11) is 1.80. The Bertz CT molecular complexity index is 849. The monoisotopic (exact) mass is 383 g/mol. The number of likely N-dealkylation sites (N-methyl/N-ethyl adjacent to an activating group) is 1. The number of benzene rings is 2. The van der Waals surface area contributed by atoms with Gasteiger partial charge in [0.05, 0.1) is 7.05 Å². The maximum Gasteiger partial charge on any atom is 0.282 e. The van der Waals surface area contributed by atoms with Gasteiger partial charge in [0.2, 0.25) is 5.91 Å². The molecule has 0 bridgehead atoms. The van der Waals surface area contributed by atoms with Crippen LogP contribution in [0.1, 0.15) is 29.8 Å². The van der Waals surface area contributed by atoms with Crippen molar-refractivity contribution in [2.24, 2.45) is 5.73 Å². The zero-order valence-corrected chi connectivity index (χ0v) is 16.4. The van der Waals surface area contributed by atoms with Crippen LogP contribution >= 0.6 is 0 Å². The highest BCUT2D eigenvalue weighted by Crippen LogP contribution is 2.15. The maximum atomic E-state index is 12.5. The number of rotatable bonds is 8. The van der Waals surface area contributed by atoms with Crippen molar-refractivity contribution in [3.05, 3.63) is 59.7 Å². The molecule has 0 heterocycles. The molecule has 148 valence electrons. The molecular weight excluding hydrogens is 356 g/mol. The van der Waals surface area contributed by atoms with Crippen LogP contribution in [0.4, 0.5) is 11.4 Å². The van der Waals surface area contributed by atoms with Gasteiger partial charge in [0, 0.05) is 16.9 Å². The molecule has 0 spiro atoms. The Morgan fingerprint density at radius 3 is 2.29 bits per heavy atom. The molecule has 28 heavy (non-hydrogen) atoms. The van der Waals surface area contributed by atoms with E-state index in [4.69, 9.17) is 5.73 Å². The fraction of sp³-hybridized carbons (Fsp3) is 0.286. The van der Waals surface area contributed by atoms with Crippen molar-refractivity contribution in [2.75, 3.05) is 24.2 Å². The third-order valence-corrected chi connectivity index (χ3v) is 4.68. The highest BCUT2D eigenvalue weighted by atomic mass is 16.2. The topological polar surface area (TPSA) is 106 Å². The minimum Gasteiger partial charge on any atom is -0.366 e. The van der Waals surface area contributed by atoms with E-state index in [1.807, 2.05) is 31.2 Å². The number of hydrogen-bond acceptors (Lipinski definition) is 3. The molecule has 0 saturated heterocycles. The van der Waals surface area contributed by atoms with Crippen LogP contribution in [-0.2, 0) is 16.0 Å². The molecule has 2 aromatic carbocycles. The maximum absolute atomic E-state index is 12.5. The Hall–Kier alpha value is -3.19. The summed E-state index contributed by atoms with van der Waals surface area (Å²) in [6.07, 6.45) is 0.826. The standard InChI is InChI=1S/C21H26N4O3/c1-4-15-7-5-6-8-18(15)24-19(26)13-25(3)14(2)21(28)23-17-11-9-16(10-12-17)20(22)27/h5-12,14H,4,13H2,1-3H3,(H2,22,27)(H,23,28)(H,24,26)/p+1/t14-/m1/s1. The number of primary amides is 1. The summed E-state index contributed by atoms with van der Waals surface area (Å²) in [5.74, 6) is -0.888. The smallest absolute Gasteiger partial charge is 0.282 e. The van der Waals surface area contributed by atoms with Crippen LogP contribution in [0.25, 0.3) is 0 Å². The van der Waals surface area contributed by atoms with Crippen molar-refractivity contribution in [3.8, 4) is 0 Å². The lowest BCUT2D eigenvalue weighted by atomic mass is 10.1. The summed E-state index contributed by atoms with van der Waals surface area (Å²) in [5.41, 5.74) is 8.01. The number of nitrogens with one attached hydrogen (secondary N) is 3. The van der Waals surface area contributed by atoms with Crippen LogP contribution in [0.3, 0.4) is 0 Å². The molecular formula is C21H27N4O3+. The first-order valence-corrected chi connectivity index (χ1v) is 9.22. The summed E-state index contributed by atoms with van der Waals surface area (Å²) < 4.78 is 0. The summed E-state index contributed by atoms with van der Waals surface area (Å²) in [5, 5.41) is 5.70. The molecule has 0 aromatic heterocycles. The van der Waals surface area contributed by atoms with Crippen molar-refractivity contribution in [2.45, 2.75) is 26.3 Å². The van der Waals surface area contributed by atoms with Crippen LogP contribution in [0.15, 0.2) is 48.5 Å². The Labute approximate surface area is 164 Å². The Balaban J connectivity index is 1.91. The molecule has 0 radical (unpaired) electrons. The molecule has 3 amide bonds. The van der Waals surface area contributed by atoms with Gasteiger partial charge in [0.25, 0.3) is 11.8 Å². The first-order chi connectivity index (χ1) is 13.3. The van der Waals surface area contributed by atoms with E-state index >= 15 is 0 Å². The van der Waals surface area contributed by atoms with E-state index in [0.29, 0.717) is 11.3 Å². The third-order valence-electron chi connectivity index (χ3n) is 4.68. The fourth-order valence-corrected chi connectivity index (χ4v) is 2.74. The largest absolute Gasteiger partial charge is 0.366 e. The minimum absolute atomic E-state index is 0.149. The van der Waals surface area contributed by atoms with E-state index in [1.165, 1.54) is 0 Å². The van der Waals surface area contributed by atoms with Gasteiger partial charge in [-0.25, -0.2) is 0 Å². The van der Waals surface area contributed by atoms with Crippen molar-refractivity contribution >= 4 is 29.1 Å². The lowest BCUT2D eigenvalue weighted by Crippen LogP contribution is -3.14. The van der Waals surface area contributed by atoms with Gasteiger partial charge in [-0.2, -0.15) is 0 Å². The number of amides is 3. The number of para-hydroxylation sites is 1. The predicted octanol–water partition coefficient (Wildman–Crippen LogP) is 0.828. The van der Waals surface area contributed by atoms with E-state index in [1.54, 1.807) is 38.2 Å². The summed E-state index contributed by atoms with van der Waals surface area (Å²) in [4.78, 5) is 36.7. The molecule has 2 rings (SSSR count). The van der Waals surface area contributed by atoms with Gasteiger partial charge in [-0.15, -0.1) is 0 Å². The molecule has 1 unspecified atom stereocenters. The second kappa shape index (κ2) is 9.66. The number of aryl methyl sites for hydroxylation is 1. The zero-order valence-electron chi connectivity index (χ0n) is 16.4. The molecule has 7 nitrogen and oxygen atoms in total. The van der Waals surface area contributed by atoms with Gasteiger partial charge in [-0.05, 0) is 49.2 Å². The first kappa shape index (κ1) is 21.1. The molecule has 0 aliphatic rings. The molecule has 0 saturated carbocycles. The number of anilines is 2. The van der Waals surface area contributed by atoms with Crippen molar-refractivity contribution < 1.29 is 19.3 Å². The van der Waals surface area contributed by atoms with E-state index < -0.39 is 11.9 Å². The van der Waals surface area contributed by atoms with Crippen molar-refractivity contribution in [1.29, 1.82) is 0 Å². The normalized spacial score (nSPS) is 12.7. The SMILES string of the molecule is CCc1ccccc1NC(=O)C[NH+](C)[C@H](C)C(=O)Nc1ccc(C(N)=O)cc1. The van der Waals surface area contributed by atoms with Gasteiger partial charge >= 0.3 is 0 Å². The van der Waals surface area contributed by atoms with Gasteiger partial charge in [0.15, 0.2) is 12.6 Å². The quantitative estimate of drug-likeness (QED) is 0.542. The highest BCUT2D eigenvalue weighted by Gasteiger charge is 2.24. The lowest BCUT2D eigenvalue weighted by Gasteiger charge is -2.21. The minimum atomic E-state index is -0.522. The van der Waals surface area contributed by atoms with E-state index in [2.05, 4.69) is 10.6 Å². The van der Waals surface area contributed by atoms with Gasteiger partial charge in [-0.1, -0.05) is 25.1 Å². The molecule has 0 aliphatic heterocycles. The van der Waals surface area contributed by atoms with Crippen LogP contribution in [0.2, 0.25) is 0 Å². The average Bonchev–Trinajstić information content (AvgIpc) is 2.68. The van der Waals surface area contributed by atoms with Gasteiger partial charge in [0.1, 0.15) is 0 Å². The zero-order chi connectivity index (χ0) is 20.7. The first-order valence-electron chi connectivity index (χ1n) is 9.22. The summed E-state index contributed by atoms with van der Waals surface area (Å²) >= 11 is 0. The lowest BCUT2D eigenvalue weighted by molar-refractivity contribution is -0.885. The van der Waals surface area contributed by atoms with E-state index in [9.17, 15) is 14.4 Å². The molecule has 5 N–H and O–H groups in total. The van der Waals surface area contributed by atoms with Gasteiger partial charge in [-0.3, -0.25) is 14.4 Å². The molecule has 2 aromatic rings. The van der Waals surface area contributed by atoms with Gasteiger partial charge < -0.3 is 21.3 Å². The Kier molecular flexibility index (Phi) is 7.28. The fourth-order valence-electron chi connectivity index (χ4n) is 2.74. The second-order valence-electron chi connectivity index (χ2n) is 6.73. The number of carbonyl (C=O) groups excluding carboxylic acids is 3. The second-order valence-corrected chi connectivity index (χ2v) is 6.73. The van der Waals surface area contributed by atoms with E-state index in [-0.39, 0.29) is 18.4 Å². The molecule has 0 aliphatic carbocycles. The van der Waals surface area contributed by atoms with Crippen molar-refractivity contribution in [3.63, 3.8) is 0 Å². The van der Waals surface area contributed by atoms with Crippen LogP contribution < -0.4 is 21.3 Å². The number of quaternary nitrogens is 1. The summed E-state index contributed by atoms with van der Waals surface area (Å²) in [6, 6.07) is 13.6. The summed E-state index contributed by atoms with van der Waals surface area (Å²) in [6.45, 7) is 3.95. The van der Waals surface area contributed by atoms with Crippen LogP contribution in [0.5, 0.6) is 0 Å². The average molecular weight is 383 g/mol. The molecule has 2 atom stereocenters.